The summed E-state index contributed by atoms with van der Waals surface area (Å²) in [7, 11) is -7.49. The lowest BCUT2D eigenvalue weighted by Crippen LogP contribution is -2.27. The van der Waals surface area contributed by atoms with Crippen molar-refractivity contribution < 1.29 is 25.6 Å². The molecule has 162 valence electrons. The molecule has 0 saturated carbocycles. The first-order valence-corrected chi connectivity index (χ1v) is 12.5. The molecule has 4 rings (SSSR count). The SMILES string of the molecule is CS(=O)(=O)Nc1ccc(C2=NN(S(=O)(=O)c3ccc(F)cc3)[C@@H](c3ccco3)C2)cc1. The highest BCUT2D eigenvalue weighted by molar-refractivity contribution is 7.92. The van der Waals surface area contributed by atoms with Crippen molar-refractivity contribution >= 4 is 31.4 Å². The van der Waals surface area contributed by atoms with E-state index in [0.717, 1.165) is 22.8 Å². The van der Waals surface area contributed by atoms with Crippen LogP contribution in [0.1, 0.15) is 23.8 Å². The highest BCUT2D eigenvalue weighted by Gasteiger charge is 2.39. The van der Waals surface area contributed by atoms with Crippen LogP contribution in [0.25, 0.3) is 0 Å². The van der Waals surface area contributed by atoms with Crippen molar-refractivity contribution in [3.05, 3.63) is 84.1 Å². The third-order valence-corrected chi connectivity index (χ3v) is 6.93. The lowest BCUT2D eigenvalue weighted by Gasteiger charge is -2.21. The molecule has 1 aliphatic heterocycles. The number of furan rings is 1. The van der Waals surface area contributed by atoms with Crippen LogP contribution < -0.4 is 4.72 Å². The Labute approximate surface area is 179 Å². The van der Waals surface area contributed by atoms with E-state index >= 15 is 0 Å². The fourth-order valence-corrected chi connectivity index (χ4v) is 5.22. The van der Waals surface area contributed by atoms with E-state index in [1.54, 1.807) is 36.4 Å². The fourth-order valence-electron chi connectivity index (χ4n) is 3.24. The van der Waals surface area contributed by atoms with E-state index in [1.807, 2.05) is 0 Å². The first kappa shape index (κ1) is 21.1. The maximum absolute atomic E-state index is 13.3. The van der Waals surface area contributed by atoms with Gasteiger partial charge in [-0.1, -0.05) is 12.1 Å². The first-order chi connectivity index (χ1) is 14.6. The van der Waals surface area contributed by atoms with Gasteiger partial charge in [0.15, 0.2) is 0 Å². The van der Waals surface area contributed by atoms with Crippen molar-refractivity contribution in [2.75, 3.05) is 11.0 Å². The zero-order valence-electron chi connectivity index (χ0n) is 16.3. The van der Waals surface area contributed by atoms with Crippen LogP contribution in [0.15, 0.2) is 81.3 Å². The summed E-state index contributed by atoms with van der Waals surface area (Å²) >= 11 is 0. The summed E-state index contributed by atoms with van der Waals surface area (Å²) in [5.41, 5.74) is 1.49. The smallest absolute Gasteiger partial charge is 0.279 e. The molecule has 0 bridgehead atoms. The number of nitrogens with zero attached hydrogens (tertiary/aromatic N) is 2. The van der Waals surface area contributed by atoms with Crippen molar-refractivity contribution in [1.82, 2.24) is 4.41 Å². The average Bonchev–Trinajstić information content (AvgIpc) is 3.38. The molecular formula is C20H18FN3O5S2. The summed E-state index contributed by atoms with van der Waals surface area (Å²) in [4.78, 5) is -0.0943. The van der Waals surface area contributed by atoms with Crippen LogP contribution in [0.4, 0.5) is 10.1 Å². The number of halogens is 1. The Bertz CT molecular complexity index is 1320. The molecule has 0 saturated heterocycles. The Morgan fingerprint density at radius 1 is 1.03 bits per heavy atom. The molecule has 2 aromatic carbocycles. The highest BCUT2D eigenvalue weighted by atomic mass is 32.2. The van der Waals surface area contributed by atoms with E-state index in [9.17, 15) is 21.2 Å². The van der Waals surface area contributed by atoms with E-state index < -0.39 is 31.9 Å². The van der Waals surface area contributed by atoms with Gasteiger partial charge in [-0.05, 0) is 54.1 Å². The number of sulfonamides is 2. The molecule has 0 spiro atoms. The molecule has 2 heterocycles. The van der Waals surface area contributed by atoms with Gasteiger partial charge in [0, 0.05) is 12.1 Å². The number of nitrogens with one attached hydrogen (secondary N) is 1. The van der Waals surface area contributed by atoms with Gasteiger partial charge in [-0.3, -0.25) is 4.72 Å². The molecule has 3 aromatic rings. The van der Waals surface area contributed by atoms with Crippen LogP contribution in [0.3, 0.4) is 0 Å². The molecule has 1 aromatic heterocycles. The normalized spacial score (nSPS) is 16.9. The van der Waals surface area contributed by atoms with Crippen molar-refractivity contribution in [1.29, 1.82) is 0 Å². The minimum atomic E-state index is -4.08. The van der Waals surface area contributed by atoms with E-state index in [4.69, 9.17) is 4.42 Å². The highest BCUT2D eigenvalue weighted by Crippen LogP contribution is 2.37. The van der Waals surface area contributed by atoms with Gasteiger partial charge in [0.25, 0.3) is 10.0 Å². The number of benzene rings is 2. The van der Waals surface area contributed by atoms with Gasteiger partial charge < -0.3 is 4.42 Å². The second-order valence-corrected chi connectivity index (χ2v) is 10.5. The van der Waals surface area contributed by atoms with Crippen LogP contribution in [-0.4, -0.2) is 33.2 Å². The van der Waals surface area contributed by atoms with Crippen molar-refractivity contribution in [2.45, 2.75) is 17.4 Å². The number of rotatable bonds is 6. The van der Waals surface area contributed by atoms with Crippen LogP contribution in [0.5, 0.6) is 0 Å². The Balaban J connectivity index is 1.71. The van der Waals surface area contributed by atoms with Gasteiger partial charge in [-0.25, -0.2) is 12.8 Å². The second-order valence-electron chi connectivity index (χ2n) is 6.97. The van der Waals surface area contributed by atoms with Gasteiger partial charge in [-0.2, -0.15) is 17.9 Å². The van der Waals surface area contributed by atoms with Gasteiger partial charge in [0.1, 0.15) is 17.6 Å². The molecule has 0 radical (unpaired) electrons. The lowest BCUT2D eigenvalue weighted by atomic mass is 10.0. The number of hydrazone groups is 1. The summed E-state index contributed by atoms with van der Waals surface area (Å²) in [6, 6.07) is 13.6. The van der Waals surface area contributed by atoms with Gasteiger partial charge in [-0.15, -0.1) is 0 Å². The molecule has 1 N–H and O–H groups in total. The maximum Gasteiger partial charge on any atom is 0.279 e. The predicted molar refractivity (Wildman–Crippen MR) is 113 cm³/mol. The number of hydrogen-bond donors (Lipinski definition) is 1. The van der Waals surface area contributed by atoms with E-state index in [-0.39, 0.29) is 11.3 Å². The minimum Gasteiger partial charge on any atom is -0.467 e. The van der Waals surface area contributed by atoms with E-state index in [2.05, 4.69) is 9.82 Å². The van der Waals surface area contributed by atoms with Crippen LogP contribution in [0.2, 0.25) is 0 Å². The minimum absolute atomic E-state index is 0.0943. The number of anilines is 1. The van der Waals surface area contributed by atoms with Gasteiger partial charge >= 0.3 is 0 Å². The molecule has 8 nitrogen and oxygen atoms in total. The van der Waals surface area contributed by atoms with Gasteiger partial charge in [0.2, 0.25) is 10.0 Å². The summed E-state index contributed by atoms with van der Waals surface area (Å²) in [5, 5.41) is 4.34. The molecule has 0 fully saturated rings. The Hall–Kier alpha value is -3.18. The molecule has 0 amide bonds. The molecule has 1 atom stereocenters. The molecule has 31 heavy (non-hydrogen) atoms. The second kappa shape index (κ2) is 7.82. The topological polar surface area (TPSA) is 109 Å². The van der Waals surface area contributed by atoms with Crippen molar-refractivity contribution in [3.8, 4) is 0 Å². The molecule has 0 unspecified atom stereocenters. The monoisotopic (exact) mass is 463 g/mol. The van der Waals surface area contributed by atoms with Gasteiger partial charge in [0.05, 0.1) is 23.1 Å². The average molecular weight is 464 g/mol. The predicted octanol–water partition coefficient (Wildman–Crippen LogP) is 3.33. The summed E-state index contributed by atoms with van der Waals surface area (Å²) in [6.45, 7) is 0. The maximum atomic E-state index is 13.3. The van der Waals surface area contributed by atoms with Crippen LogP contribution >= 0.6 is 0 Å². The van der Waals surface area contributed by atoms with Crippen LogP contribution in [0, 0.1) is 5.82 Å². The third-order valence-electron chi connectivity index (χ3n) is 4.62. The molecular weight excluding hydrogens is 445 g/mol. The molecule has 11 heteroatoms. The third kappa shape index (κ3) is 4.47. The zero-order valence-corrected chi connectivity index (χ0v) is 17.9. The summed E-state index contributed by atoms with van der Waals surface area (Å²) in [6.07, 6.45) is 2.74. The summed E-state index contributed by atoms with van der Waals surface area (Å²) in [5.74, 6) is -0.130. The van der Waals surface area contributed by atoms with Crippen molar-refractivity contribution in [2.24, 2.45) is 5.10 Å². The van der Waals surface area contributed by atoms with E-state index in [1.165, 1.54) is 18.4 Å². The fraction of sp³-hybridized carbons (Fsp3) is 0.150. The molecule has 0 aliphatic carbocycles. The summed E-state index contributed by atoms with van der Waals surface area (Å²) < 4.78 is 71.3. The Kier molecular flexibility index (Phi) is 5.31. The van der Waals surface area contributed by atoms with Crippen molar-refractivity contribution in [3.63, 3.8) is 0 Å². The largest absolute Gasteiger partial charge is 0.467 e. The Morgan fingerprint density at radius 3 is 2.29 bits per heavy atom. The van der Waals surface area contributed by atoms with Crippen LogP contribution in [-0.2, 0) is 20.0 Å². The standard InChI is InChI=1S/C20H18FN3O5S2/c1-30(25,26)23-16-8-4-14(5-9-16)18-13-19(20-3-2-12-29-20)24(22-18)31(27,28)17-10-6-15(21)7-11-17/h2-12,19,23H,13H2,1H3/t19-/m1/s1. The quantitative estimate of drug-likeness (QED) is 0.603. The Morgan fingerprint density at radius 2 is 1.71 bits per heavy atom. The molecule has 1 aliphatic rings. The number of hydrogen-bond acceptors (Lipinski definition) is 6. The first-order valence-electron chi connectivity index (χ1n) is 9.12. The van der Waals surface area contributed by atoms with E-state index in [0.29, 0.717) is 22.7 Å². The zero-order chi connectivity index (χ0) is 22.2. The lowest BCUT2D eigenvalue weighted by molar-refractivity contribution is 0.320.